The molecule has 6 aliphatic rings. The first-order chi connectivity index (χ1) is 49.8. The molecule has 3 aromatic rings. The van der Waals surface area contributed by atoms with Crippen molar-refractivity contribution in [3.63, 3.8) is 0 Å². The van der Waals surface area contributed by atoms with Crippen LogP contribution in [-0.2, 0) is 88.2 Å². The van der Waals surface area contributed by atoms with Gasteiger partial charge in [-0.05, 0) is 123 Å². The third-order valence-electron chi connectivity index (χ3n) is 20.5. The van der Waals surface area contributed by atoms with Crippen LogP contribution in [0.5, 0.6) is 5.75 Å². The molecule has 0 aromatic heterocycles. The van der Waals surface area contributed by atoms with E-state index in [1.807, 2.05) is 61.5 Å². The molecule has 8 N–H and O–H groups in total. The first-order valence-corrected chi connectivity index (χ1v) is 37.6. The molecular weight excluding hydrogens is 1360 g/mol. The van der Waals surface area contributed by atoms with E-state index in [4.69, 9.17) is 37.7 Å². The topological polar surface area (TPSA) is 368 Å². The monoisotopic (exact) mass is 1460 g/mol. The Labute approximate surface area is 607 Å². The van der Waals surface area contributed by atoms with Gasteiger partial charge >= 0.3 is 0 Å². The third-order valence-corrected chi connectivity index (χ3v) is 21.3. The molecule has 4 unspecified atom stereocenters. The largest absolute Gasteiger partial charge is 0.486 e. The lowest BCUT2D eigenvalue weighted by Gasteiger charge is -2.59. The van der Waals surface area contributed by atoms with Gasteiger partial charge in [0.15, 0.2) is 17.7 Å². The zero-order valence-electron chi connectivity index (χ0n) is 59.8. The number of hydrogen-bond acceptors (Lipinski definition) is 19. The summed E-state index contributed by atoms with van der Waals surface area (Å²) in [6, 6.07) is 19.0. The standard InChI is InChI=1S/C76H99N7O20S/c1-6-12-69-102-63-44-58-57-26-21-53-43-55(84)29-31-74(53,4)70(57)61(85)45-75(58,5)76(63,103-69)62(86)48-101-56-24-22-54(23-25-56)80-67(90)46-79-73(93)71(49(2)3)82-72(92)59(16-11-18-64(87)78-33-42-104(94,95)96)81-66(89)30-34-97-36-38-99-40-41-100-39-37-98-35-32-77-65(88)27-28-68(91)83-47-52-15-8-7-13-50(52)19-20-51-14-9-10-17-60(51)83/h7-10,13-15,17,22-25,29,31,43,49,57-59,61,63,69-71,85H,6,11-12,16,18,21,26-28,30,32-42,44-48H2,1-5H3,(H,77,88)(H,78,87)(H,79,93)(H,80,90)(H,81,89)(H,82,92)(H,94,95,96)/t57-,58?,59+,61-,63+,69?,70?,71?,74-,75-,76+/m0/s1. The van der Waals surface area contributed by atoms with Gasteiger partial charge in [-0.15, -0.1) is 0 Å². The van der Waals surface area contributed by atoms with Gasteiger partial charge in [0, 0.05) is 72.3 Å². The number of nitrogens with zero attached hydrogens (tertiary/aromatic N) is 1. The normalized spacial score (nSPS) is 24.0. The second-order valence-electron chi connectivity index (χ2n) is 28.0. The Balaban J connectivity index is 0.658. The Kier molecular flexibility index (Phi) is 28.5. The van der Waals surface area contributed by atoms with E-state index < -0.39 is 105 Å². The maximum Gasteiger partial charge on any atom is 0.266 e. The molecule has 3 aromatic carbocycles. The van der Waals surface area contributed by atoms with Crippen molar-refractivity contribution in [1.82, 2.24) is 26.6 Å². The van der Waals surface area contributed by atoms with E-state index in [0.717, 1.165) is 35.1 Å². The number of benzene rings is 3. The van der Waals surface area contributed by atoms with Crippen LogP contribution in [0.25, 0.3) is 0 Å². The molecule has 7 amide bonds. The number of carbonyl (C=O) groups excluding carboxylic acids is 9. The van der Waals surface area contributed by atoms with Crippen molar-refractivity contribution >= 4 is 74.4 Å². The highest BCUT2D eigenvalue weighted by atomic mass is 32.2. The molecule has 4 fully saturated rings. The van der Waals surface area contributed by atoms with Crippen LogP contribution in [0.15, 0.2) is 96.6 Å². The molecule has 4 aliphatic carbocycles. The van der Waals surface area contributed by atoms with Gasteiger partial charge in [0.1, 0.15) is 24.4 Å². The molecule has 11 atom stereocenters. The highest BCUT2D eigenvalue weighted by Crippen LogP contribution is 2.70. The van der Waals surface area contributed by atoms with E-state index in [9.17, 15) is 56.7 Å². The fraction of sp³-hybridized carbons (Fsp3) is 0.566. The number of carbonyl (C=O) groups is 9. The van der Waals surface area contributed by atoms with Gasteiger partial charge in [-0.3, -0.25) is 47.7 Å². The molecule has 9 rings (SSSR count). The van der Waals surface area contributed by atoms with Crippen molar-refractivity contribution in [2.45, 2.75) is 154 Å². The Morgan fingerprint density at radius 3 is 2.12 bits per heavy atom. The molecule has 0 bridgehead atoms. The maximum absolute atomic E-state index is 14.8. The number of hydrogen-bond donors (Lipinski definition) is 8. The van der Waals surface area contributed by atoms with Gasteiger partial charge in [0.2, 0.25) is 47.1 Å². The lowest BCUT2D eigenvalue weighted by Crippen LogP contribution is -2.63. The van der Waals surface area contributed by atoms with Crippen LogP contribution in [0, 0.1) is 46.3 Å². The van der Waals surface area contributed by atoms with E-state index in [-0.39, 0.29) is 152 Å². The molecule has 28 heteroatoms. The first-order valence-electron chi connectivity index (χ1n) is 36.0. The Morgan fingerprint density at radius 1 is 0.750 bits per heavy atom. The zero-order valence-corrected chi connectivity index (χ0v) is 60.7. The van der Waals surface area contributed by atoms with Crippen LogP contribution < -0.4 is 41.5 Å². The molecule has 27 nitrogen and oxygen atoms in total. The SMILES string of the molecule is CCCC1O[C@@H]2CC3[C@@H]4CCC5=CC(=O)C=C[C@]5(C)C4[C@@H](O)C[C@]3(C)[C@]2(C(=O)COc2ccc(NC(=O)CNC(=O)C(NC(=O)[C@@H](CCCC(=O)NCCS(=O)(=O)O)NC(=O)CCOCCOCCOCCOCCNC(=O)CCC(=O)N3Cc4ccccc4C#Cc4ccccc43)C(C)C)cc2)O1. The third kappa shape index (κ3) is 20.6. The molecule has 0 radical (unpaired) electrons. The fourth-order valence-electron chi connectivity index (χ4n) is 15.4. The van der Waals surface area contributed by atoms with Crippen LogP contribution in [0.4, 0.5) is 11.4 Å². The number of allylic oxidation sites excluding steroid dienone is 4. The van der Waals surface area contributed by atoms with Crippen LogP contribution in [0.3, 0.4) is 0 Å². The number of nitrogens with one attached hydrogen (secondary N) is 6. The predicted molar refractivity (Wildman–Crippen MR) is 382 cm³/mol. The van der Waals surface area contributed by atoms with Crippen molar-refractivity contribution in [3.05, 3.63) is 113 Å². The number of anilines is 2. The molecule has 104 heavy (non-hydrogen) atoms. The quantitative estimate of drug-likeness (QED) is 0.0213. The van der Waals surface area contributed by atoms with Gasteiger partial charge in [-0.2, -0.15) is 8.42 Å². The summed E-state index contributed by atoms with van der Waals surface area (Å²) in [6.07, 6.45) is 6.72. The Morgan fingerprint density at radius 2 is 1.41 bits per heavy atom. The molecule has 3 saturated carbocycles. The summed E-state index contributed by atoms with van der Waals surface area (Å²) in [5, 5.41) is 27.9. The van der Waals surface area contributed by atoms with Gasteiger partial charge in [-0.1, -0.05) is 94.9 Å². The van der Waals surface area contributed by atoms with Gasteiger partial charge in [0.25, 0.3) is 10.1 Å². The summed E-state index contributed by atoms with van der Waals surface area (Å²) in [5.41, 5.74) is 1.95. The second-order valence-corrected chi connectivity index (χ2v) is 29.6. The summed E-state index contributed by atoms with van der Waals surface area (Å²) >= 11 is 0. The Hall–Kier alpha value is -8.24. The predicted octanol–water partition coefficient (Wildman–Crippen LogP) is 4.96. The number of para-hydroxylation sites is 1. The number of fused-ring (bicyclic) bond motifs is 9. The highest BCUT2D eigenvalue weighted by Gasteiger charge is 2.76. The average Bonchev–Trinajstić information content (AvgIpc) is 1.50. The second kappa shape index (κ2) is 37.1. The van der Waals surface area contributed by atoms with E-state index in [1.54, 1.807) is 55.2 Å². The number of rotatable bonds is 39. The number of ketones is 2. The first kappa shape index (κ1) is 79.9. The number of aliphatic hydroxyl groups excluding tert-OH is 1. The molecule has 2 aliphatic heterocycles. The summed E-state index contributed by atoms with van der Waals surface area (Å²) in [4.78, 5) is 122. The zero-order chi connectivity index (χ0) is 74.6. The molecular formula is C76H99N7O20S. The van der Waals surface area contributed by atoms with Gasteiger partial charge < -0.3 is 75.1 Å². The molecule has 564 valence electrons. The van der Waals surface area contributed by atoms with Crippen molar-refractivity contribution in [2.75, 3.05) is 95.1 Å². The van der Waals surface area contributed by atoms with E-state index in [1.165, 1.54) is 0 Å². The summed E-state index contributed by atoms with van der Waals surface area (Å²) in [5.74, 6) is 1.38. The molecule has 0 spiro atoms. The lowest BCUT2D eigenvalue weighted by molar-refractivity contribution is -0.200. The minimum Gasteiger partial charge on any atom is -0.486 e. The van der Waals surface area contributed by atoms with Gasteiger partial charge in [-0.25, -0.2) is 0 Å². The van der Waals surface area contributed by atoms with Gasteiger partial charge in [0.05, 0.1) is 89.6 Å². The number of ether oxygens (including phenoxy) is 7. The van der Waals surface area contributed by atoms with Crippen molar-refractivity contribution < 1.29 is 94.4 Å². The smallest absolute Gasteiger partial charge is 0.266 e. The van der Waals surface area contributed by atoms with Crippen molar-refractivity contribution in [3.8, 4) is 17.6 Å². The number of Topliss-reactive ketones (excluding diaryl/α,β-unsaturated/α-hetero) is 1. The van der Waals surface area contributed by atoms with Crippen LogP contribution in [0.1, 0.15) is 128 Å². The fourth-order valence-corrected chi connectivity index (χ4v) is 15.8. The van der Waals surface area contributed by atoms with E-state index >= 15 is 0 Å². The van der Waals surface area contributed by atoms with E-state index in [2.05, 4.69) is 57.6 Å². The number of aliphatic hydroxyl groups is 1. The summed E-state index contributed by atoms with van der Waals surface area (Å²) in [6.45, 7) is 10.5. The lowest BCUT2D eigenvalue weighted by atomic mass is 9.46. The number of amides is 7. The van der Waals surface area contributed by atoms with Crippen LogP contribution in [-0.4, -0.2) is 192 Å². The maximum atomic E-state index is 14.8. The van der Waals surface area contributed by atoms with Crippen LogP contribution >= 0.6 is 0 Å². The van der Waals surface area contributed by atoms with Crippen LogP contribution in [0.2, 0.25) is 0 Å². The Bertz CT molecular complexity index is 3820. The van der Waals surface area contributed by atoms with E-state index in [0.29, 0.717) is 49.4 Å². The minimum atomic E-state index is -4.33. The average molecular weight is 1460 g/mol. The highest BCUT2D eigenvalue weighted by molar-refractivity contribution is 7.85. The molecule has 1 saturated heterocycles. The minimum absolute atomic E-state index is 0.00891. The summed E-state index contributed by atoms with van der Waals surface area (Å²) < 4.78 is 73.1. The van der Waals surface area contributed by atoms with Crippen molar-refractivity contribution in [2.24, 2.45) is 34.5 Å². The molecule has 2 heterocycles. The summed E-state index contributed by atoms with van der Waals surface area (Å²) in [7, 11) is -4.33. The van der Waals surface area contributed by atoms with Crippen molar-refractivity contribution in [1.29, 1.82) is 0 Å².